The van der Waals surface area contributed by atoms with Crippen molar-refractivity contribution in [3.63, 3.8) is 0 Å². The van der Waals surface area contributed by atoms with Gasteiger partial charge in [-0.05, 0) is 46.5 Å². The molecule has 0 nitrogen and oxygen atoms in total. The molecule has 0 bridgehead atoms. The van der Waals surface area contributed by atoms with Gasteiger partial charge in [-0.3, -0.25) is 0 Å². The summed E-state index contributed by atoms with van der Waals surface area (Å²) in [6.07, 6.45) is 2.14. The summed E-state index contributed by atoms with van der Waals surface area (Å²) in [4.78, 5) is 1.39. The Kier molecular flexibility index (Phi) is 3.79. The lowest BCUT2D eigenvalue weighted by molar-refractivity contribution is 1.46. The van der Waals surface area contributed by atoms with Crippen LogP contribution >= 0.6 is 61.6 Å². The molecule has 0 fully saturated rings. The van der Waals surface area contributed by atoms with Crippen molar-refractivity contribution in [2.24, 2.45) is 0 Å². The Hall–Kier alpha value is 0.740. The van der Waals surface area contributed by atoms with Crippen LogP contribution in [0.2, 0.25) is 0 Å². The number of thiophene rings is 1. The lowest BCUT2D eigenvalue weighted by Crippen LogP contribution is -1.79. The van der Waals surface area contributed by atoms with Gasteiger partial charge in [0.15, 0.2) is 0 Å². The standard InChI is InChI=1S/C10H8BrIS2/c1-13-7-3-2-4-8-9(7)6(5-11)10(12)14-8/h2-4H,5H2,1H3. The van der Waals surface area contributed by atoms with Gasteiger partial charge in [-0.2, -0.15) is 0 Å². The van der Waals surface area contributed by atoms with E-state index in [1.807, 2.05) is 23.1 Å². The zero-order valence-corrected chi connectivity index (χ0v) is 12.9. The Labute approximate surface area is 114 Å². The zero-order chi connectivity index (χ0) is 10.1. The molecule has 74 valence electrons. The smallest absolute Gasteiger partial charge is 0.0706 e. The van der Waals surface area contributed by atoms with Gasteiger partial charge < -0.3 is 0 Å². The Bertz CT molecular complexity index is 464. The Morgan fingerprint density at radius 1 is 1.50 bits per heavy atom. The summed E-state index contributed by atoms with van der Waals surface area (Å²) < 4.78 is 2.80. The molecule has 4 heteroatoms. The van der Waals surface area contributed by atoms with E-state index < -0.39 is 0 Å². The highest BCUT2D eigenvalue weighted by atomic mass is 127. The van der Waals surface area contributed by atoms with Crippen LogP contribution in [0.3, 0.4) is 0 Å². The summed E-state index contributed by atoms with van der Waals surface area (Å²) in [7, 11) is 0. The first-order valence-corrected chi connectivity index (χ1v) is 8.32. The minimum Gasteiger partial charge on any atom is -0.129 e. The Balaban J connectivity index is 2.82. The molecule has 0 saturated heterocycles. The molecule has 1 heterocycles. The maximum atomic E-state index is 3.56. The molecule has 0 N–H and O–H groups in total. The number of alkyl halides is 1. The molecule has 0 amide bonds. The monoisotopic (exact) mass is 398 g/mol. The van der Waals surface area contributed by atoms with Gasteiger partial charge in [-0.1, -0.05) is 22.0 Å². The maximum Gasteiger partial charge on any atom is 0.0706 e. The average molecular weight is 399 g/mol. The van der Waals surface area contributed by atoms with Crippen LogP contribution in [0.5, 0.6) is 0 Å². The van der Waals surface area contributed by atoms with Gasteiger partial charge in [-0.25, -0.2) is 0 Å². The van der Waals surface area contributed by atoms with Crippen LogP contribution in [0.15, 0.2) is 23.1 Å². The first-order valence-electron chi connectivity index (χ1n) is 4.07. The largest absolute Gasteiger partial charge is 0.129 e. The van der Waals surface area contributed by atoms with Crippen molar-refractivity contribution in [1.29, 1.82) is 0 Å². The summed E-state index contributed by atoms with van der Waals surface area (Å²) in [6, 6.07) is 6.54. The van der Waals surface area contributed by atoms with Crippen molar-refractivity contribution >= 4 is 71.7 Å². The second-order valence-corrected chi connectivity index (χ2v) is 7.09. The average Bonchev–Trinajstić information content (AvgIpc) is 2.52. The molecule has 0 aliphatic carbocycles. The van der Waals surface area contributed by atoms with E-state index >= 15 is 0 Å². The third-order valence-corrected chi connectivity index (χ3v) is 5.72. The van der Waals surface area contributed by atoms with E-state index in [-0.39, 0.29) is 0 Å². The molecule has 0 aliphatic heterocycles. The Morgan fingerprint density at radius 3 is 2.93 bits per heavy atom. The molecule has 2 rings (SSSR count). The summed E-state index contributed by atoms with van der Waals surface area (Å²) in [5.41, 5.74) is 1.44. The molecule has 1 aromatic heterocycles. The van der Waals surface area contributed by atoms with Crippen molar-refractivity contribution in [2.45, 2.75) is 10.2 Å². The van der Waals surface area contributed by atoms with Crippen molar-refractivity contribution in [3.05, 3.63) is 26.6 Å². The SMILES string of the molecule is CSc1cccc2sc(I)c(CBr)c12. The molecule has 0 aliphatic rings. The third kappa shape index (κ3) is 1.86. The molecular formula is C10H8BrIS2. The Morgan fingerprint density at radius 2 is 2.29 bits per heavy atom. The summed E-state index contributed by atoms with van der Waals surface area (Å²) in [5.74, 6) is 0. The predicted octanol–water partition coefficient (Wildman–Crippen LogP) is 5.12. The van der Waals surface area contributed by atoms with Crippen LogP contribution in [0.1, 0.15) is 5.56 Å². The third-order valence-electron chi connectivity index (χ3n) is 2.08. The van der Waals surface area contributed by atoms with Gasteiger partial charge in [0.2, 0.25) is 0 Å². The molecule has 0 atom stereocenters. The molecule has 0 spiro atoms. The number of hydrogen-bond acceptors (Lipinski definition) is 2. The number of hydrogen-bond donors (Lipinski definition) is 0. The van der Waals surface area contributed by atoms with E-state index in [1.54, 1.807) is 0 Å². The normalized spacial score (nSPS) is 11.1. The van der Waals surface area contributed by atoms with Crippen LogP contribution in [-0.4, -0.2) is 6.26 Å². The lowest BCUT2D eigenvalue weighted by Gasteiger charge is -2.00. The van der Waals surface area contributed by atoms with Crippen LogP contribution in [-0.2, 0) is 5.33 Å². The predicted molar refractivity (Wildman–Crippen MR) is 79.0 cm³/mol. The maximum absolute atomic E-state index is 3.56. The van der Waals surface area contributed by atoms with Crippen LogP contribution in [0, 0.1) is 2.88 Å². The van der Waals surface area contributed by atoms with Crippen molar-refractivity contribution < 1.29 is 0 Å². The number of rotatable bonds is 2. The fourth-order valence-corrected chi connectivity index (χ4v) is 5.57. The fourth-order valence-electron chi connectivity index (χ4n) is 1.44. The van der Waals surface area contributed by atoms with Gasteiger partial charge in [-0.15, -0.1) is 23.1 Å². The molecule has 0 unspecified atom stereocenters. The van der Waals surface area contributed by atoms with Crippen molar-refractivity contribution in [3.8, 4) is 0 Å². The van der Waals surface area contributed by atoms with Crippen molar-refractivity contribution in [2.75, 3.05) is 6.26 Å². The molecular weight excluding hydrogens is 391 g/mol. The second kappa shape index (κ2) is 4.72. The van der Waals surface area contributed by atoms with E-state index in [1.165, 1.54) is 23.4 Å². The topological polar surface area (TPSA) is 0 Å². The van der Waals surface area contributed by atoms with Crippen LogP contribution in [0.4, 0.5) is 0 Å². The van der Waals surface area contributed by atoms with Gasteiger partial charge in [0.25, 0.3) is 0 Å². The van der Waals surface area contributed by atoms with Gasteiger partial charge in [0.1, 0.15) is 0 Å². The highest BCUT2D eigenvalue weighted by Gasteiger charge is 2.11. The summed E-state index contributed by atoms with van der Waals surface area (Å²) >= 11 is 9.69. The van der Waals surface area contributed by atoms with Crippen LogP contribution in [0.25, 0.3) is 10.1 Å². The summed E-state index contributed by atoms with van der Waals surface area (Å²) in [6.45, 7) is 0. The van der Waals surface area contributed by atoms with Gasteiger partial charge in [0, 0.05) is 20.3 Å². The van der Waals surface area contributed by atoms with E-state index in [0.29, 0.717) is 0 Å². The first-order chi connectivity index (χ1) is 6.77. The number of halogens is 2. The molecule has 0 radical (unpaired) electrons. The van der Waals surface area contributed by atoms with Crippen molar-refractivity contribution in [1.82, 2.24) is 0 Å². The van der Waals surface area contributed by atoms with Gasteiger partial charge >= 0.3 is 0 Å². The number of fused-ring (bicyclic) bond motifs is 1. The number of benzene rings is 1. The first kappa shape index (κ1) is 11.2. The zero-order valence-electron chi connectivity index (χ0n) is 7.51. The van der Waals surface area contributed by atoms with Gasteiger partial charge in [0.05, 0.1) is 2.88 Å². The van der Waals surface area contributed by atoms with E-state index in [0.717, 1.165) is 5.33 Å². The molecule has 0 saturated carbocycles. The summed E-state index contributed by atoms with van der Waals surface area (Å²) in [5, 5.41) is 2.38. The van der Waals surface area contributed by atoms with E-state index in [9.17, 15) is 0 Å². The fraction of sp³-hybridized carbons (Fsp3) is 0.200. The van der Waals surface area contributed by atoms with Crippen LogP contribution < -0.4 is 0 Å². The lowest BCUT2D eigenvalue weighted by atomic mass is 10.2. The highest BCUT2D eigenvalue weighted by molar-refractivity contribution is 14.1. The van der Waals surface area contributed by atoms with E-state index in [4.69, 9.17) is 0 Å². The number of thioether (sulfide) groups is 1. The molecule has 2 aromatic rings. The molecule has 14 heavy (non-hydrogen) atoms. The highest BCUT2D eigenvalue weighted by Crippen LogP contribution is 2.38. The second-order valence-electron chi connectivity index (χ2n) is 2.82. The quantitative estimate of drug-likeness (QED) is 0.384. The minimum atomic E-state index is 0.947. The molecule has 1 aromatic carbocycles. The minimum absolute atomic E-state index is 0.947. The van der Waals surface area contributed by atoms with E-state index in [2.05, 4.69) is 63.0 Å².